The van der Waals surface area contributed by atoms with E-state index in [9.17, 15) is 19.3 Å². The summed E-state index contributed by atoms with van der Waals surface area (Å²) in [6.07, 6.45) is -0.409. The van der Waals surface area contributed by atoms with Gasteiger partial charge in [-0.1, -0.05) is 20.8 Å². The Morgan fingerprint density at radius 2 is 1.61 bits per heavy atom. The Labute approximate surface area is 107 Å². The van der Waals surface area contributed by atoms with Gasteiger partial charge in [0.2, 0.25) is 0 Å². The molecule has 0 fully saturated rings. The van der Waals surface area contributed by atoms with Crippen molar-refractivity contribution in [2.45, 2.75) is 40.0 Å². The SMILES string of the molecule is CC(C)(C)C(CCC(=O)O)(CC[PH](=O)O)C(=O)O. The standard InChI is InChI=1S/C11H21O6P/c1-10(2,3)11(9(14)15,5-4-8(12)13)6-7-18(16)17/h18H,4-7H2,1-3H3,(H,12,13)(H,14,15)(H,16,17). The Morgan fingerprint density at radius 1 is 1.11 bits per heavy atom. The zero-order valence-corrected chi connectivity index (χ0v) is 11.9. The van der Waals surface area contributed by atoms with Gasteiger partial charge in [-0.25, -0.2) is 0 Å². The van der Waals surface area contributed by atoms with Crippen LogP contribution in [0.2, 0.25) is 0 Å². The van der Waals surface area contributed by atoms with Crippen LogP contribution < -0.4 is 0 Å². The summed E-state index contributed by atoms with van der Waals surface area (Å²) in [5.41, 5.74) is -1.99. The Balaban J connectivity index is 5.23. The number of carboxylic acids is 2. The highest BCUT2D eigenvalue weighted by atomic mass is 31.1. The number of aliphatic carboxylic acids is 2. The first-order valence-corrected chi connectivity index (χ1v) is 7.26. The minimum absolute atomic E-state index is 0.00735. The van der Waals surface area contributed by atoms with Crippen LogP contribution in [0.4, 0.5) is 0 Å². The summed E-state index contributed by atoms with van der Waals surface area (Å²) >= 11 is 0. The fourth-order valence-electron chi connectivity index (χ4n) is 2.05. The van der Waals surface area contributed by atoms with E-state index >= 15 is 0 Å². The zero-order chi connectivity index (χ0) is 14.6. The molecule has 0 amide bonds. The summed E-state index contributed by atoms with van der Waals surface area (Å²) in [7, 11) is -2.76. The molecule has 0 saturated heterocycles. The molecule has 0 bridgehead atoms. The minimum Gasteiger partial charge on any atom is -0.481 e. The van der Waals surface area contributed by atoms with Gasteiger partial charge in [-0.2, -0.15) is 0 Å². The van der Waals surface area contributed by atoms with Crippen molar-refractivity contribution in [1.29, 1.82) is 0 Å². The molecule has 0 radical (unpaired) electrons. The van der Waals surface area contributed by atoms with E-state index in [4.69, 9.17) is 10.00 Å². The number of hydrogen-bond donors (Lipinski definition) is 3. The maximum absolute atomic E-state index is 11.5. The lowest BCUT2D eigenvalue weighted by molar-refractivity contribution is -0.158. The zero-order valence-electron chi connectivity index (χ0n) is 10.9. The fourth-order valence-corrected chi connectivity index (χ4v) is 2.69. The molecular formula is C11H21O6P. The lowest BCUT2D eigenvalue weighted by Crippen LogP contribution is -2.44. The van der Waals surface area contributed by atoms with Gasteiger partial charge < -0.3 is 15.1 Å². The van der Waals surface area contributed by atoms with Crippen molar-refractivity contribution in [2.75, 3.05) is 6.16 Å². The van der Waals surface area contributed by atoms with E-state index in [2.05, 4.69) is 0 Å². The highest BCUT2D eigenvalue weighted by Gasteiger charge is 2.48. The van der Waals surface area contributed by atoms with Crippen LogP contribution in [0.3, 0.4) is 0 Å². The highest BCUT2D eigenvalue weighted by molar-refractivity contribution is 7.37. The maximum atomic E-state index is 11.5. The first-order valence-electron chi connectivity index (χ1n) is 5.70. The van der Waals surface area contributed by atoms with E-state index in [0.717, 1.165) is 0 Å². The molecule has 0 heterocycles. The third kappa shape index (κ3) is 4.42. The Morgan fingerprint density at radius 3 is 1.89 bits per heavy atom. The molecule has 2 unspecified atom stereocenters. The topological polar surface area (TPSA) is 112 Å². The van der Waals surface area contributed by atoms with Gasteiger partial charge in [0, 0.05) is 12.6 Å². The van der Waals surface area contributed by atoms with Crippen LogP contribution in [0.25, 0.3) is 0 Å². The van der Waals surface area contributed by atoms with Gasteiger partial charge in [0.05, 0.1) is 5.41 Å². The van der Waals surface area contributed by atoms with Crippen LogP contribution >= 0.6 is 8.03 Å². The molecule has 7 heteroatoms. The second kappa shape index (κ2) is 6.34. The van der Waals surface area contributed by atoms with Gasteiger partial charge in [-0.15, -0.1) is 0 Å². The molecule has 0 rings (SSSR count). The molecule has 3 N–H and O–H groups in total. The number of rotatable bonds is 7. The van der Waals surface area contributed by atoms with Crippen molar-refractivity contribution in [3.05, 3.63) is 0 Å². The molecule has 0 aromatic carbocycles. The van der Waals surface area contributed by atoms with Crippen LogP contribution in [0.5, 0.6) is 0 Å². The van der Waals surface area contributed by atoms with Crippen LogP contribution in [0, 0.1) is 10.8 Å². The highest BCUT2D eigenvalue weighted by Crippen LogP contribution is 2.47. The molecule has 18 heavy (non-hydrogen) atoms. The lowest BCUT2D eigenvalue weighted by Gasteiger charge is -2.41. The Bertz CT molecular complexity index is 326. The predicted octanol–water partition coefficient (Wildman–Crippen LogP) is 1.83. The van der Waals surface area contributed by atoms with Crippen LogP contribution in [-0.2, 0) is 14.2 Å². The van der Waals surface area contributed by atoms with E-state index in [1.165, 1.54) is 0 Å². The number of carbonyl (C=O) groups is 2. The first-order chi connectivity index (χ1) is 8.03. The molecule has 0 aliphatic heterocycles. The molecule has 0 aliphatic carbocycles. The van der Waals surface area contributed by atoms with E-state index in [1.807, 2.05) is 0 Å². The van der Waals surface area contributed by atoms with E-state index in [-0.39, 0.29) is 25.4 Å². The third-order valence-electron chi connectivity index (χ3n) is 3.38. The van der Waals surface area contributed by atoms with Crippen molar-refractivity contribution < 1.29 is 29.3 Å². The maximum Gasteiger partial charge on any atom is 0.310 e. The van der Waals surface area contributed by atoms with Gasteiger partial charge in [-0.3, -0.25) is 14.2 Å². The number of hydrogen-bond acceptors (Lipinski definition) is 3. The Hall–Kier alpha value is -0.870. The molecular weight excluding hydrogens is 259 g/mol. The van der Waals surface area contributed by atoms with Crippen molar-refractivity contribution in [1.82, 2.24) is 0 Å². The van der Waals surface area contributed by atoms with Crippen molar-refractivity contribution >= 4 is 20.0 Å². The molecule has 0 aliphatic rings. The smallest absolute Gasteiger partial charge is 0.310 e. The van der Waals surface area contributed by atoms with Crippen LogP contribution in [0.1, 0.15) is 40.0 Å². The van der Waals surface area contributed by atoms with Crippen LogP contribution in [-0.4, -0.2) is 33.2 Å². The van der Waals surface area contributed by atoms with E-state index in [1.54, 1.807) is 20.8 Å². The summed E-state index contributed by atoms with van der Waals surface area (Å²) in [6, 6.07) is 0. The average Bonchev–Trinajstić information content (AvgIpc) is 2.14. The van der Waals surface area contributed by atoms with Gasteiger partial charge in [0.15, 0.2) is 8.03 Å². The minimum atomic E-state index is -2.76. The summed E-state index contributed by atoms with van der Waals surface area (Å²) < 4.78 is 10.8. The molecule has 106 valence electrons. The molecule has 6 nitrogen and oxygen atoms in total. The first kappa shape index (κ1) is 17.1. The van der Waals surface area contributed by atoms with Gasteiger partial charge in [0.25, 0.3) is 0 Å². The summed E-state index contributed by atoms with van der Waals surface area (Å²) in [5, 5.41) is 18.1. The average molecular weight is 280 g/mol. The van der Waals surface area contributed by atoms with Crippen molar-refractivity contribution in [2.24, 2.45) is 10.8 Å². The van der Waals surface area contributed by atoms with Gasteiger partial charge in [0.1, 0.15) is 0 Å². The second-order valence-electron chi connectivity index (χ2n) is 5.42. The van der Waals surface area contributed by atoms with Crippen LogP contribution in [0.15, 0.2) is 0 Å². The molecule has 0 aromatic rings. The monoisotopic (exact) mass is 280 g/mol. The molecule has 0 aromatic heterocycles. The lowest BCUT2D eigenvalue weighted by atomic mass is 9.62. The largest absolute Gasteiger partial charge is 0.481 e. The van der Waals surface area contributed by atoms with Crippen molar-refractivity contribution in [3.8, 4) is 0 Å². The van der Waals surface area contributed by atoms with E-state index in [0.29, 0.717) is 0 Å². The predicted molar refractivity (Wildman–Crippen MR) is 67.1 cm³/mol. The van der Waals surface area contributed by atoms with Crippen molar-refractivity contribution in [3.63, 3.8) is 0 Å². The van der Waals surface area contributed by atoms with Gasteiger partial charge in [-0.05, 0) is 18.3 Å². The fraction of sp³-hybridized carbons (Fsp3) is 0.818. The molecule has 2 atom stereocenters. The van der Waals surface area contributed by atoms with Gasteiger partial charge >= 0.3 is 11.9 Å². The number of carboxylic acid groups (broad SMARTS) is 2. The summed E-state index contributed by atoms with van der Waals surface area (Å²) in [6.45, 7) is 5.12. The quantitative estimate of drug-likeness (QED) is 0.613. The second-order valence-corrected chi connectivity index (χ2v) is 6.71. The normalized spacial score (nSPS) is 16.9. The Kier molecular flexibility index (Phi) is 6.04. The summed E-state index contributed by atoms with van der Waals surface area (Å²) in [5.74, 6) is -2.18. The molecule has 0 spiro atoms. The van der Waals surface area contributed by atoms with E-state index < -0.39 is 30.8 Å². The molecule has 0 saturated carbocycles. The third-order valence-corrected chi connectivity index (χ3v) is 4.05. The summed E-state index contributed by atoms with van der Waals surface area (Å²) in [4.78, 5) is 31.0.